The van der Waals surface area contributed by atoms with Gasteiger partial charge in [-0.2, -0.15) is 0 Å². The number of amides is 4. The predicted molar refractivity (Wildman–Crippen MR) is 192 cm³/mol. The second-order valence-electron chi connectivity index (χ2n) is 14.2. The summed E-state index contributed by atoms with van der Waals surface area (Å²) in [7, 11) is 3.04. The maximum Gasteiger partial charge on any atom is 1.00 e. The number of nitrogens with zero attached hydrogens (tertiary/aromatic N) is 2. The van der Waals surface area contributed by atoms with E-state index in [1.165, 1.54) is 60.4 Å². The first kappa shape index (κ1) is 43.8. The van der Waals surface area contributed by atoms with E-state index in [9.17, 15) is 48.9 Å². The number of carbonyl (C=O) groups is 7. The van der Waals surface area contributed by atoms with E-state index in [-0.39, 0.29) is 70.8 Å². The molecular weight excluding hydrogens is 768 g/mol. The van der Waals surface area contributed by atoms with Crippen molar-refractivity contribution in [2.24, 2.45) is 17.3 Å². The smallest absolute Gasteiger partial charge is 0.543 e. The molecule has 6 heterocycles. The molecule has 6 rings (SSSR count). The summed E-state index contributed by atoms with van der Waals surface area (Å²) in [5.74, 6) is -5.24. The third-order valence-electron chi connectivity index (χ3n) is 9.63. The second kappa shape index (κ2) is 17.1. The number of thiophene rings is 2. The molecule has 2 saturated heterocycles. The molecule has 2 aromatic rings. The molecule has 4 aliphatic heterocycles. The zero-order valence-corrected chi connectivity index (χ0v) is 35.2. The summed E-state index contributed by atoms with van der Waals surface area (Å²) in [6.45, 7) is 7.51. The fraction of sp³-hybridized carbons (Fsp3) is 0.472. The number of nitrogens with one attached hydrogen (secondary N) is 2. The molecular formula is C36H41N4NaO12S2. The van der Waals surface area contributed by atoms with Crippen molar-refractivity contribution >= 4 is 75.4 Å². The molecule has 0 aromatic carbocycles. The van der Waals surface area contributed by atoms with Crippen LogP contribution in [0.4, 0.5) is 0 Å². The Labute approximate surface area is 346 Å². The standard InChI is InChI=1S/C21H26N2O7S.C15H16N2O5S.Na/c1-10(24)15-13-7-12(11-6-14(31-8-11)17(25)22-5)16(23(13)18(15)26)19(27)29-9-30-20(28)21(2,3)4;1-6(18)11-9-4-8(12(15(21)22)17(9)14(11)20)7-3-10(23-5-7)13(19)16-2;/h6,8,10,13,15,24H,7,9H2,1-5H3,(H,22,25);3,5-6,9,11,18H,4H2,1-2H3,(H,16,19)(H,21,22);/q;;+1/p-1/t10-,13-,15-;6-,9-,11-;/m11./s1. The number of β-lactam (4-membered cyclic amide) rings is 2. The molecule has 2 aromatic heterocycles. The van der Waals surface area contributed by atoms with E-state index in [1.54, 1.807) is 43.7 Å². The number of aliphatic hydroxyl groups excluding tert-OH is 2. The van der Waals surface area contributed by atoms with Crippen molar-refractivity contribution in [3.63, 3.8) is 0 Å². The monoisotopic (exact) mass is 808 g/mol. The van der Waals surface area contributed by atoms with Gasteiger partial charge < -0.3 is 50.0 Å². The molecule has 2 fully saturated rings. The van der Waals surface area contributed by atoms with Crippen LogP contribution in [0.1, 0.15) is 77.9 Å². The van der Waals surface area contributed by atoms with Crippen molar-refractivity contribution < 1.29 is 87.9 Å². The Morgan fingerprint density at radius 1 is 0.818 bits per heavy atom. The molecule has 0 unspecified atom stereocenters. The molecule has 16 nitrogen and oxygen atoms in total. The number of hydrogen-bond acceptors (Lipinski definition) is 14. The van der Waals surface area contributed by atoms with Crippen LogP contribution in [-0.4, -0.2) is 107 Å². The van der Waals surface area contributed by atoms with Crippen molar-refractivity contribution in [2.45, 2.75) is 71.8 Å². The van der Waals surface area contributed by atoms with E-state index in [4.69, 9.17) is 9.47 Å². The Hall–Kier alpha value is -3.91. The molecule has 0 saturated carbocycles. The van der Waals surface area contributed by atoms with E-state index in [2.05, 4.69) is 10.6 Å². The van der Waals surface area contributed by atoms with Crippen LogP contribution in [0.3, 0.4) is 0 Å². The fourth-order valence-corrected chi connectivity index (χ4v) is 8.66. The minimum Gasteiger partial charge on any atom is -0.543 e. The third kappa shape index (κ3) is 8.31. The number of ether oxygens (including phenoxy) is 2. The SMILES string of the molecule is CNC(=O)c1cc(C2=C(C(=O)OCOC(=O)C(C)(C)C)N3C(=O)[C@H]([C@@H](C)O)[C@H]3C2)cs1.CNC(=O)c1cc(C2=C(C(=O)[O-])N3C(=O)[C@H]([C@@H](C)O)[C@H]3C2)cs1.[Na+]. The largest absolute Gasteiger partial charge is 1.00 e. The number of carboxylic acids is 1. The van der Waals surface area contributed by atoms with Crippen LogP contribution in [0, 0.1) is 17.3 Å². The molecule has 55 heavy (non-hydrogen) atoms. The number of aliphatic carboxylic acids is 1. The van der Waals surface area contributed by atoms with Gasteiger partial charge >= 0.3 is 41.5 Å². The van der Waals surface area contributed by atoms with Crippen LogP contribution >= 0.6 is 22.7 Å². The number of rotatable bonds is 10. The van der Waals surface area contributed by atoms with E-state index >= 15 is 0 Å². The van der Waals surface area contributed by atoms with Gasteiger partial charge in [0.15, 0.2) is 0 Å². The Balaban J connectivity index is 0.000000250. The summed E-state index contributed by atoms with van der Waals surface area (Å²) in [6, 6.07) is 2.52. The molecule has 0 radical (unpaired) electrons. The fourth-order valence-electron chi connectivity index (χ4n) is 6.93. The van der Waals surface area contributed by atoms with Crippen LogP contribution in [0.25, 0.3) is 11.1 Å². The first-order valence-corrected chi connectivity index (χ1v) is 18.8. The van der Waals surface area contributed by atoms with Gasteiger partial charge in [0, 0.05) is 14.1 Å². The molecule has 4 amide bonds. The van der Waals surface area contributed by atoms with Crippen LogP contribution in [0.15, 0.2) is 34.3 Å². The summed E-state index contributed by atoms with van der Waals surface area (Å²) in [5.41, 5.74) is 1.41. The van der Waals surface area contributed by atoms with E-state index in [0.29, 0.717) is 44.9 Å². The van der Waals surface area contributed by atoms with Crippen molar-refractivity contribution in [3.8, 4) is 0 Å². The number of aliphatic hydroxyl groups is 2. The van der Waals surface area contributed by atoms with Crippen molar-refractivity contribution in [1.29, 1.82) is 0 Å². The summed E-state index contributed by atoms with van der Waals surface area (Å²) >= 11 is 2.42. The molecule has 6 atom stereocenters. The molecule has 0 spiro atoms. The van der Waals surface area contributed by atoms with Gasteiger partial charge in [0.2, 0.25) is 18.6 Å². The van der Waals surface area contributed by atoms with Crippen molar-refractivity contribution in [3.05, 3.63) is 55.2 Å². The maximum atomic E-state index is 12.9. The Morgan fingerprint density at radius 3 is 1.62 bits per heavy atom. The quantitative estimate of drug-likeness (QED) is 0.0860. The molecule has 4 N–H and O–H groups in total. The number of carboxylic acid groups (broad SMARTS) is 1. The molecule has 0 bridgehead atoms. The minimum absolute atomic E-state index is 0. The van der Waals surface area contributed by atoms with Gasteiger partial charge in [-0.05, 0) is 92.6 Å². The normalized spacial score (nSPS) is 22.2. The van der Waals surface area contributed by atoms with Gasteiger partial charge in [-0.25, -0.2) is 4.79 Å². The number of fused-ring (bicyclic) bond motifs is 2. The van der Waals surface area contributed by atoms with E-state index < -0.39 is 60.1 Å². The maximum absolute atomic E-state index is 12.9. The van der Waals surface area contributed by atoms with Gasteiger partial charge in [-0.1, -0.05) is 0 Å². The average Bonchev–Trinajstić information content (AvgIpc) is 3.90. The molecule has 290 valence electrons. The van der Waals surface area contributed by atoms with Crippen LogP contribution < -0.4 is 45.3 Å². The first-order chi connectivity index (χ1) is 25.3. The summed E-state index contributed by atoms with van der Waals surface area (Å²) < 4.78 is 10.1. The Bertz CT molecular complexity index is 1980. The molecule has 19 heteroatoms. The van der Waals surface area contributed by atoms with Crippen molar-refractivity contribution in [2.75, 3.05) is 20.9 Å². The van der Waals surface area contributed by atoms with Crippen LogP contribution in [0.2, 0.25) is 0 Å². The first-order valence-electron chi connectivity index (χ1n) is 17.0. The molecule has 0 aliphatic carbocycles. The number of carbonyl (C=O) groups excluding carboxylic acids is 7. The van der Waals surface area contributed by atoms with Gasteiger partial charge in [-0.15, -0.1) is 22.7 Å². The minimum atomic E-state index is -1.42. The zero-order valence-electron chi connectivity index (χ0n) is 31.6. The topological polar surface area (TPSA) is 232 Å². The van der Waals surface area contributed by atoms with Gasteiger partial charge in [0.25, 0.3) is 11.8 Å². The summed E-state index contributed by atoms with van der Waals surface area (Å²) in [5, 5.41) is 39.6. The van der Waals surface area contributed by atoms with Crippen LogP contribution in [0.5, 0.6) is 0 Å². The predicted octanol–water partition coefficient (Wildman–Crippen LogP) is -2.30. The average molecular weight is 809 g/mol. The Morgan fingerprint density at radius 2 is 1.24 bits per heavy atom. The number of esters is 2. The number of hydrogen-bond donors (Lipinski definition) is 4. The summed E-state index contributed by atoms with van der Waals surface area (Å²) in [4.78, 5) is 88.0. The van der Waals surface area contributed by atoms with Crippen LogP contribution in [-0.2, 0) is 33.4 Å². The van der Waals surface area contributed by atoms with Crippen molar-refractivity contribution in [1.82, 2.24) is 20.4 Å². The third-order valence-corrected chi connectivity index (χ3v) is 11.5. The van der Waals surface area contributed by atoms with Gasteiger partial charge in [0.1, 0.15) is 5.70 Å². The van der Waals surface area contributed by atoms with Gasteiger partial charge in [-0.3, -0.25) is 24.0 Å². The van der Waals surface area contributed by atoms with Gasteiger partial charge in [0.05, 0.1) is 63.0 Å². The Kier molecular flexibility index (Phi) is 13.6. The zero-order chi connectivity index (χ0) is 40.0. The molecule has 4 aliphatic rings. The second-order valence-corrected chi connectivity index (χ2v) is 16.0. The summed E-state index contributed by atoms with van der Waals surface area (Å²) in [6.07, 6.45) is -1.02. The van der Waals surface area contributed by atoms with E-state index in [1.807, 2.05) is 0 Å². The van der Waals surface area contributed by atoms with E-state index in [0.717, 1.165) is 0 Å².